The van der Waals surface area contributed by atoms with Crippen LogP contribution >= 0.6 is 15.9 Å². The van der Waals surface area contributed by atoms with Gasteiger partial charge in [0.25, 0.3) is 0 Å². The molecule has 0 spiro atoms. The molecule has 128 valence electrons. The monoisotopic (exact) mass is 410 g/mol. The molecule has 0 amide bonds. The summed E-state index contributed by atoms with van der Waals surface area (Å²) in [4.78, 5) is 8.78. The maximum atomic E-state index is 5.82. The van der Waals surface area contributed by atoms with Crippen molar-refractivity contribution in [1.82, 2.24) is 29.8 Å². The predicted octanol–water partition coefficient (Wildman–Crippen LogP) is 3.60. The number of fused-ring (bicyclic) bond motifs is 3. The molecule has 4 heterocycles. The Balaban J connectivity index is 1.40. The number of ether oxygens (including phenoxy) is 1. The fourth-order valence-corrected chi connectivity index (χ4v) is 2.87. The molecule has 0 bridgehead atoms. The van der Waals surface area contributed by atoms with Gasteiger partial charge in [-0.2, -0.15) is 5.10 Å². The molecule has 5 aromatic rings. The van der Waals surface area contributed by atoms with Crippen LogP contribution in [0.5, 0.6) is 5.75 Å². The van der Waals surface area contributed by atoms with Crippen molar-refractivity contribution >= 4 is 32.6 Å². The van der Waals surface area contributed by atoms with Crippen LogP contribution in [0.4, 0.5) is 0 Å². The molecule has 0 unspecified atom stereocenters. The van der Waals surface area contributed by atoms with E-state index in [1.807, 2.05) is 36.4 Å². The van der Waals surface area contributed by atoms with Gasteiger partial charge in [0, 0.05) is 4.47 Å². The Labute approximate surface area is 155 Å². The highest BCUT2D eigenvalue weighted by molar-refractivity contribution is 9.10. The number of benzene rings is 1. The van der Waals surface area contributed by atoms with Crippen molar-refractivity contribution in [3.63, 3.8) is 0 Å². The van der Waals surface area contributed by atoms with Crippen LogP contribution in [-0.4, -0.2) is 29.8 Å². The topological polar surface area (TPSA) is 94.1 Å². The van der Waals surface area contributed by atoms with Gasteiger partial charge in [0.15, 0.2) is 17.1 Å². The zero-order valence-corrected chi connectivity index (χ0v) is 14.8. The fraction of sp³-hybridized carbons (Fsp3) is 0.0588. The van der Waals surface area contributed by atoms with Crippen molar-refractivity contribution in [3.05, 3.63) is 59.2 Å². The number of H-pyrrole nitrogens is 1. The van der Waals surface area contributed by atoms with E-state index in [1.54, 1.807) is 17.0 Å². The van der Waals surface area contributed by atoms with E-state index >= 15 is 0 Å². The van der Waals surface area contributed by atoms with Gasteiger partial charge in [-0.05, 0) is 36.4 Å². The Hall–Kier alpha value is -3.20. The van der Waals surface area contributed by atoms with Gasteiger partial charge in [0.1, 0.15) is 24.4 Å². The summed E-state index contributed by atoms with van der Waals surface area (Å²) in [5.41, 5.74) is 1.34. The van der Waals surface area contributed by atoms with Crippen molar-refractivity contribution in [1.29, 1.82) is 0 Å². The van der Waals surface area contributed by atoms with Gasteiger partial charge in [0.05, 0.1) is 11.6 Å². The number of furan rings is 1. The number of rotatable bonds is 4. The summed E-state index contributed by atoms with van der Waals surface area (Å²) in [5.74, 6) is 2.51. The van der Waals surface area contributed by atoms with E-state index in [0.29, 0.717) is 35.2 Å². The van der Waals surface area contributed by atoms with Gasteiger partial charge in [-0.1, -0.05) is 15.9 Å². The first kappa shape index (κ1) is 15.1. The van der Waals surface area contributed by atoms with Crippen LogP contribution in [-0.2, 0) is 6.61 Å². The summed E-state index contributed by atoms with van der Waals surface area (Å²) in [6.07, 6.45) is 3.27. The van der Waals surface area contributed by atoms with Gasteiger partial charge in [-0.3, -0.25) is 5.10 Å². The van der Waals surface area contributed by atoms with E-state index in [2.05, 4.69) is 41.2 Å². The van der Waals surface area contributed by atoms with Crippen molar-refractivity contribution < 1.29 is 9.15 Å². The van der Waals surface area contributed by atoms with Crippen molar-refractivity contribution in [2.45, 2.75) is 6.61 Å². The molecular formula is C17H11BrN6O2. The summed E-state index contributed by atoms with van der Waals surface area (Å²) in [5, 5.41) is 12.0. The number of nitrogens with zero attached hydrogens (tertiary/aromatic N) is 5. The lowest BCUT2D eigenvalue weighted by Crippen LogP contribution is -1.93. The summed E-state index contributed by atoms with van der Waals surface area (Å²) in [6.45, 7) is 0.322. The summed E-state index contributed by atoms with van der Waals surface area (Å²) < 4.78 is 14.2. The number of halogens is 1. The van der Waals surface area contributed by atoms with Crippen LogP contribution < -0.4 is 4.74 Å². The third-order valence-corrected chi connectivity index (χ3v) is 4.39. The van der Waals surface area contributed by atoms with Gasteiger partial charge in [-0.25, -0.2) is 14.5 Å². The highest BCUT2D eigenvalue weighted by Gasteiger charge is 2.14. The van der Waals surface area contributed by atoms with E-state index in [9.17, 15) is 0 Å². The minimum Gasteiger partial charge on any atom is -0.486 e. The molecule has 0 aliphatic rings. The SMILES string of the molecule is Brc1ccc(OCc2ccc(-c3nc4c5cn[nH]c5ncn4n3)o2)cc1. The molecule has 5 rings (SSSR count). The third kappa shape index (κ3) is 2.62. The molecule has 0 radical (unpaired) electrons. The fourth-order valence-electron chi connectivity index (χ4n) is 2.61. The first-order valence-corrected chi connectivity index (χ1v) is 8.57. The molecule has 0 aliphatic carbocycles. The number of nitrogens with one attached hydrogen (secondary N) is 1. The Morgan fingerprint density at radius 2 is 2.04 bits per heavy atom. The number of hydrogen-bond acceptors (Lipinski definition) is 6. The Bertz CT molecular complexity index is 1210. The second kappa shape index (κ2) is 5.95. The lowest BCUT2D eigenvalue weighted by molar-refractivity contribution is 0.271. The molecule has 26 heavy (non-hydrogen) atoms. The maximum absolute atomic E-state index is 5.82. The lowest BCUT2D eigenvalue weighted by atomic mass is 10.3. The molecule has 4 aromatic heterocycles. The van der Waals surface area contributed by atoms with Crippen LogP contribution in [0.1, 0.15) is 5.76 Å². The molecule has 0 aliphatic heterocycles. The van der Waals surface area contributed by atoms with Crippen LogP contribution in [0.15, 0.2) is 57.8 Å². The highest BCUT2D eigenvalue weighted by atomic mass is 79.9. The average molecular weight is 411 g/mol. The summed E-state index contributed by atoms with van der Waals surface area (Å²) >= 11 is 3.40. The van der Waals surface area contributed by atoms with Gasteiger partial charge < -0.3 is 9.15 Å². The summed E-state index contributed by atoms with van der Waals surface area (Å²) in [6, 6.07) is 11.3. The number of aromatic nitrogens is 6. The molecule has 9 heteroatoms. The van der Waals surface area contributed by atoms with Crippen molar-refractivity contribution in [2.24, 2.45) is 0 Å². The second-order valence-electron chi connectivity index (χ2n) is 5.59. The zero-order chi connectivity index (χ0) is 17.5. The first-order valence-electron chi connectivity index (χ1n) is 7.78. The zero-order valence-electron chi connectivity index (χ0n) is 13.3. The smallest absolute Gasteiger partial charge is 0.217 e. The van der Waals surface area contributed by atoms with Gasteiger partial charge >= 0.3 is 0 Å². The molecule has 1 aromatic carbocycles. The Morgan fingerprint density at radius 3 is 2.92 bits per heavy atom. The van der Waals surface area contributed by atoms with Gasteiger partial charge in [-0.15, -0.1) is 5.10 Å². The molecule has 0 fully saturated rings. The van der Waals surface area contributed by atoms with E-state index in [1.165, 1.54) is 0 Å². The van der Waals surface area contributed by atoms with E-state index in [4.69, 9.17) is 9.15 Å². The molecular weight excluding hydrogens is 400 g/mol. The van der Waals surface area contributed by atoms with Crippen LogP contribution in [0, 0.1) is 0 Å². The normalized spacial score (nSPS) is 11.4. The molecule has 8 nitrogen and oxygen atoms in total. The van der Waals surface area contributed by atoms with Crippen LogP contribution in [0.2, 0.25) is 0 Å². The van der Waals surface area contributed by atoms with E-state index in [-0.39, 0.29) is 0 Å². The number of hydrogen-bond donors (Lipinski definition) is 1. The molecule has 1 N–H and O–H groups in total. The Morgan fingerprint density at radius 1 is 1.15 bits per heavy atom. The van der Waals surface area contributed by atoms with Crippen LogP contribution in [0.3, 0.4) is 0 Å². The summed E-state index contributed by atoms with van der Waals surface area (Å²) in [7, 11) is 0. The minimum absolute atomic E-state index is 0.322. The number of aromatic amines is 1. The Kier molecular flexibility index (Phi) is 3.45. The van der Waals surface area contributed by atoms with Crippen molar-refractivity contribution in [3.8, 4) is 17.3 Å². The highest BCUT2D eigenvalue weighted by Crippen LogP contribution is 2.23. The molecule has 0 saturated carbocycles. The molecule has 0 saturated heterocycles. The first-order chi connectivity index (χ1) is 12.8. The lowest BCUT2D eigenvalue weighted by Gasteiger charge is -2.03. The van der Waals surface area contributed by atoms with Gasteiger partial charge in [0.2, 0.25) is 5.82 Å². The van der Waals surface area contributed by atoms with E-state index in [0.717, 1.165) is 15.6 Å². The average Bonchev–Trinajstić information content (AvgIpc) is 3.38. The van der Waals surface area contributed by atoms with E-state index < -0.39 is 0 Å². The minimum atomic E-state index is 0.322. The standard InChI is InChI=1S/C17H11BrN6O2/c18-10-1-3-11(4-2-10)25-8-12-5-6-14(26-12)16-21-17-13-7-20-22-15(13)19-9-24(17)23-16/h1-7,9H,8H2,(H,20,22). The van der Waals surface area contributed by atoms with Crippen LogP contribution in [0.25, 0.3) is 28.3 Å². The largest absolute Gasteiger partial charge is 0.486 e. The maximum Gasteiger partial charge on any atom is 0.217 e. The third-order valence-electron chi connectivity index (χ3n) is 3.86. The van der Waals surface area contributed by atoms with Crippen molar-refractivity contribution in [2.75, 3.05) is 0 Å². The second-order valence-corrected chi connectivity index (χ2v) is 6.50. The quantitative estimate of drug-likeness (QED) is 0.486. The molecule has 0 atom stereocenters. The predicted molar refractivity (Wildman–Crippen MR) is 96.6 cm³/mol.